The molecule has 0 saturated heterocycles. The summed E-state index contributed by atoms with van der Waals surface area (Å²) in [6.45, 7) is 3.91. The van der Waals surface area contributed by atoms with Crippen LogP contribution in [0.1, 0.15) is 16.3 Å². The molecule has 3 aromatic rings. The zero-order valence-corrected chi connectivity index (χ0v) is 15.8. The lowest BCUT2D eigenvalue weighted by atomic mass is 10.3. The fraction of sp³-hybridized carbons (Fsp3) is 0.176. The van der Waals surface area contributed by atoms with Crippen LogP contribution < -0.4 is 4.90 Å². The van der Waals surface area contributed by atoms with Gasteiger partial charge >= 0.3 is 5.97 Å². The Labute approximate surface area is 156 Å². The van der Waals surface area contributed by atoms with Gasteiger partial charge in [0.1, 0.15) is 12.1 Å². The number of aromatic nitrogens is 1. The van der Waals surface area contributed by atoms with Crippen LogP contribution in [0.4, 0.5) is 5.69 Å². The molecule has 0 bridgehead atoms. The Morgan fingerprint density at radius 3 is 2.96 bits per heavy atom. The number of fused-ring (bicyclic) bond motifs is 2. The largest absolute Gasteiger partial charge is 0.480 e. The maximum Gasteiger partial charge on any atom is 0.323 e. The average Bonchev–Trinajstić information content (AvgIpc) is 3.15. The summed E-state index contributed by atoms with van der Waals surface area (Å²) in [5.74, 6) is -0.444. The third kappa shape index (κ3) is 2.92. The van der Waals surface area contributed by atoms with Crippen molar-refractivity contribution in [3.63, 3.8) is 0 Å². The smallest absolute Gasteiger partial charge is 0.323 e. The van der Waals surface area contributed by atoms with E-state index in [0.717, 1.165) is 31.6 Å². The van der Waals surface area contributed by atoms with Gasteiger partial charge in [0.15, 0.2) is 0 Å². The molecule has 5 nitrogen and oxygen atoms in total. The van der Waals surface area contributed by atoms with Gasteiger partial charge in [-0.1, -0.05) is 23.4 Å². The van der Waals surface area contributed by atoms with E-state index in [1.165, 1.54) is 16.6 Å². The number of benzene rings is 1. The van der Waals surface area contributed by atoms with Crippen molar-refractivity contribution in [2.75, 3.05) is 11.4 Å². The molecule has 0 aliphatic carbocycles. The van der Waals surface area contributed by atoms with Gasteiger partial charge in [-0.25, -0.2) is 4.98 Å². The standard InChI is InChI=1S/C17H13ClN2O3S2/c1-8-9(2)24-17-16(8)19-13(23-17)6-14-20(7-15(21)22)11-5-10(18)3-4-12(11)25-14/h3-6H,7H2,1-2H3,(H,21,22)/b14-6-. The Balaban J connectivity index is 1.76. The predicted molar refractivity (Wildman–Crippen MR) is 102 cm³/mol. The average molecular weight is 393 g/mol. The van der Waals surface area contributed by atoms with Gasteiger partial charge in [-0.05, 0) is 37.6 Å². The molecule has 1 aliphatic heterocycles. The molecule has 25 heavy (non-hydrogen) atoms. The third-order valence-electron chi connectivity index (χ3n) is 3.97. The number of aryl methyl sites for hydroxylation is 2. The number of carbonyl (C=O) groups is 1. The minimum absolute atomic E-state index is 0.153. The summed E-state index contributed by atoms with van der Waals surface area (Å²) < 4.78 is 5.83. The van der Waals surface area contributed by atoms with Gasteiger partial charge in [-0.2, -0.15) is 0 Å². The predicted octanol–water partition coefficient (Wildman–Crippen LogP) is 5.15. The summed E-state index contributed by atoms with van der Waals surface area (Å²) in [7, 11) is 0. The number of hydrogen-bond acceptors (Lipinski definition) is 6. The lowest BCUT2D eigenvalue weighted by Gasteiger charge is -2.17. The molecule has 3 heterocycles. The SMILES string of the molecule is Cc1sc2oc(/C=C3\Sc4ccc(Cl)cc4N3CC(=O)O)nc2c1C. The first-order valence-corrected chi connectivity index (χ1v) is 9.48. The number of thioether (sulfide) groups is 1. The molecule has 128 valence electrons. The Kier molecular flexibility index (Phi) is 4.02. The van der Waals surface area contributed by atoms with E-state index in [2.05, 4.69) is 4.98 Å². The van der Waals surface area contributed by atoms with Crippen LogP contribution in [-0.2, 0) is 4.79 Å². The van der Waals surface area contributed by atoms with E-state index in [1.807, 2.05) is 19.9 Å². The second kappa shape index (κ2) is 6.09. The number of carboxylic acids is 1. The van der Waals surface area contributed by atoms with E-state index in [0.29, 0.717) is 10.9 Å². The number of rotatable bonds is 3. The molecule has 0 atom stereocenters. The zero-order valence-electron chi connectivity index (χ0n) is 13.4. The van der Waals surface area contributed by atoms with Gasteiger partial charge in [-0.3, -0.25) is 4.79 Å². The van der Waals surface area contributed by atoms with Crippen molar-refractivity contribution in [1.29, 1.82) is 0 Å². The van der Waals surface area contributed by atoms with Crippen LogP contribution in [0.3, 0.4) is 0 Å². The molecular formula is C17H13ClN2O3S2. The molecule has 1 N–H and O–H groups in total. The van der Waals surface area contributed by atoms with E-state index in [4.69, 9.17) is 16.0 Å². The van der Waals surface area contributed by atoms with E-state index >= 15 is 0 Å². The molecule has 0 radical (unpaired) electrons. The van der Waals surface area contributed by atoms with Crippen LogP contribution in [-0.4, -0.2) is 22.6 Å². The second-order valence-corrected chi connectivity index (χ2v) is 8.33. The highest BCUT2D eigenvalue weighted by atomic mass is 35.5. The van der Waals surface area contributed by atoms with E-state index < -0.39 is 5.97 Å². The van der Waals surface area contributed by atoms with Crippen LogP contribution in [0.2, 0.25) is 5.02 Å². The van der Waals surface area contributed by atoms with E-state index in [-0.39, 0.29) is 6.54 Å². The van der Waals surface area contributed by atoms with Crippen LogP contribution in [0.5, 0.6) is 0 Å². The Hall–Kier alpha value is -1.96. The van der Waals surface area contributed by atoms with Crippen LogP contribution in [0.15, 0.2) is 32.5 Å². The number of carboxylic acid groups (broad SMARTS) is 1. The highest BCUT2D eigenvalue weighted by Gasteiger charge is 2.28. The number of oxazole rings is 1. The monoisotopic (exact) mass is 392 g/mol. The van der Waals surface area contributed by atoms with Gasteiger partial charge in [0.05, 0.1) is 10.7 Å². The molecular weight excluding hydrogens is 380 g/mol. The molecule has 8 heteroatoms. The lowest BCUT2D eigenvalue weighted by Crippen LogP contribution is -2.25. The van der Waals surface area contributed by atoms with Gasteiger partial charge in [0, 0.05) is 20.9 Å². The Morgan fingerprint density at radius 1 is 1.44 bits per heavy atom. The normalized spacial score (nSPS) is 15.3. The summed E-state index contributed by atoms with van der Waals surface area (Å²) >= 11 is 9.12. The molecule has 0 amide bonds. The topological polar surface area (TPSA) is 66.6 Å². The van der Waals surface area contributed by atoms with Crippen molar-refractivity contribution < 1.29 is 14.3 Å². The maximum atomic E-state index is 11.3. The summed E-state index contributed by atoms with van der Waals surface area (Å²) in [6.07, 6.45) is 1.78. The number of aliphatic carboxylic acids is 1. The highest BCUT2D eigenvalue weighted by molar-refractivity contribution is 8.03. The van der Waals surface area contributed by atoms with Crippen LogP contribution in [0.25, 0.3) is 16.5 Å². The first-order valence-electron chi connectivity index (χ1n) is 7.47. The summed E-state index contributed by atoms with van der Waals surface area (Å²) in [6, 6.07) is 5.46. The number of halogens is 1. The minimum Gasteiger partial charge on any atom is -0.480 e. The van der Waals surface area contributed by atoms with Crippen LogP contribution >= 0.6 is 34.7 Å². The fourth-order valence-corrected chi connectivity index (χ4v) is 4.84. The molecule has 4 rings (SSSR count). The molecule has 0 unspecified atom stereocenters. The number of hydrogen-bond donors (Lipinski definition) is 1. The first-order chi connectivity index (χ1) is 11.9. The summed E-state index contributed by atoms with van der Waals surface area (Å²) in [5.41, 5.74) is 2.76. The maximum absolute atomic E-state index is 11.3. The van der Waals surface area contributed by atoms with Crippen molar-refractivity contribution in [3.05, 3.63) is 44.6 Å². The van der Waals surface area contributed by atoms with Crippen molar-refractivity contribution in [2.24, 2.45) is 0 Å². The van der Waals surface area contributed by atoms with Gasteiger partial charge < -0.3 is 14.4 Å². The van der Waals surface area contributed by atoms with Gasteiger partial charge in [0.2, 0.25) is 10.8 Å². The summed E-state index contributed by atoms with van der Waals surface area (Å²) in [4.78, 5) is 20.5. The molecule has 0 saturated carbocycles. The van der Waals surface area contributed by atoms with Crippen molar-refractivity contribution in [2.45, 2.75) is 18.7 Å². The molecule has 0 fully saturated rings. The minimum atomic E-state index is -0.917. The fourth-order valence-electron chi connectivity index (χ4n) is 2.66. The molecule has 0 spiro atoms. The lowest BCUT2D eigenvalue weighted by molar-refractivity contribution is -0.135. The quantitative estimate of drug-likeness (QED) is 0.664. The molecule has 1 aromatic carbocycles. The molecule has 1 aliphatic rings. The number of thiophene rings is 1. The second-order valence-electron chi connectivity index (χ2n) is 5.65. The highest BCUT2D eigenvalue weighted by Crippen LogP contribution is 2.47. The number of anilines is 1. The van der Waals surface area contributed by atoms with Crippen molar-refractivity contribution in [3.8, 4) is 0 Å². The Morgan fingerprint density at radius 2 is 2.24 bits per heavy atom. The Bertz CT molecular complexity index is 1040. The number of nitrogens with zero attached hydrogens (tertiary/aromatic N) is 2. The third-order valence-corrected chi connectivity index (χ3v) is 6.40. The van der Waals surface area contributed by atoms with Crippen LogP contribution in [0, 0.1) is 13.8 Å². The van der Waals surface area contributed by atoms with E-state index in [9.17, 15) is 9.90 Å². The van der Waals surface area contributed by atoms with Crippen molar-refractivity contribution >= 4 is 62.8 Å². The van der Waals surface area contributed by atoms with Gasteiger partial charge in [0.25, 0.3) is 0 Å². The summed E-state index contributed by atoms with van der Waals surface area (Å²) in [5, 5.41) is 10.6. The van der Waals surface area contributed by atoms with E-state index in [1.54, 1.807) is 34.4 Å². The first kappa shape index (κ1) is 16.5. The molecule has 2 aromatic heterocycles. The van der Waals surface area contributed by atoms with Gasteiger partial charge in [-0.15, -0.1) is 11.3 Å². The van der Waals surface area contributed by atoms with Crippen molar-refractivity contribution in [1.82, 2.24) is 4.98 Å². The zero-order chi connectivity index (χ0) is 17.7.